The van der Waals surface area contributed by atoms with Crippen LogP contribution in [0.3, 0.4) is 0 Å². The maximum absolute atomic E-state index is 11.4. The Labute approximate surface area is 76.7 Å². The van der Waals surface area contributed by atoms with E-state index in [-0.39, 0.29) is 12.5 Å². The molecule has 1 aromatic rings. The fourth-order valence-corrected chi connectivity index (χ4v) is 1.41. The Morgan fingerprint density at radius 1 is 1.31 bits per heavy atom. The van der Waals surface area contributed by atoms with Crippen LogP contribution in [0.4, 0.5) is 5.69 Å². The van der Waals surface area contributed by atoms with Crippen LogP contribution < -0.4 is 4.90 Å². The molecular weight excluding hydrogens is 164 g/mol. The van der Waals surface area contributed by atoms with Gasteiger partial charge in [0.25, 0.3) is 5.91 Å². The maximum Gasteiger partial charge on any atom is 0.254 e. The molecule has 0 unspecified atom stereocenters. The number of hydrogen-bond acceptors (Lipinski definition) is 2. The molecule has 1 aliphatic heterocycles. The third-order valence-electron chi connectivity index (χ3n) is 2.03. The number of rotatable bonds is 1. The van der Waals surface area contributed by atoms with Crippen molar-refractivity contribution in [2.75, 3.05) is 11.4 Å². The summed E-state index contributed by atoms with van der Waals surface area (Å²) in [5.74, 6) is 0.819. The highest BCUT2D eigenvalue weighted by atomic mass is 16.2. The zero-order valence-corrected chi connectivity index (χ0v) is 7.40. The molecule has 0 saturated carbocycles. The fraction of sp³-hybridized carbons (Fsp3) is 0.200. The van der Waals surface area contributed by atoms with Crippen LogP contribution >= 0.6 is 0 Å². The summed E-state index contributed by atoms with van der Waals surface area (Å²) < 4.78 is 0. The number of amides is 1. The van der Waals surface area contributed by atoms with Gasteiger partial charge in [0.1, 0.15) is 12.4 Å². The Balaban J connectivity index is 2.36. The van der Waals surface area contributed by atoms with E-state index in [0.29, 0.717) is 0 Å². The summed E-state index contributed by atoms with van der Waals surface area (Å²) >= 11 is 0. The highest BCUT2D eigenvalue weighted by molar-refractivity contribution is 6.20. The van der Waals surface area contributed by atoms with Crippen LogP contribution in [-0.2, 0) is 4.79 Å². The Morgan fingerprint density at radius 2 is 2.00 bits per heavy atom. The zero-order chi connectivity index (χ0) is 9.26. The SMILES string of the molecule is CC1=NCC(=O)N1c1ccccc1. The van der Waals surface area contributed by atoms with E-state index >= 15 is 0 Å². The monoisotopic (exact) mass is 174 g/mol. The minimum atomic E-state index is 0.0451. The van der Waals surface area contributed by atoms with E-state index in [9.17, 15) is 4.79 Å². The Hall–Kier alpha value is -1.64. The van der Waals surface area contributed by atoms with E-state index in [2.05, 4.69) is 4.99 Å². The van der Waals surface area contributed by atoms with Crippen molar-refractivity contribution in [3.8, 4) is 0 Å². The fourth-order valence-electron chi connectivity index (χ4n) is 1.41. The summed E-state index contributed by atoms with van der Waals surface area (Å²) in [4.78, 5) is 17.1. The molecule has 0 atom stereocenters. The van der Waals surface area contributed by atoms with Crippen molar-refractivity contribution in [2.24, 2.45) is 4.99 Å². The van der Waals surface area contributed by atoms with E-state index in [1.165, 1.54) is 0 Å². The topological polar surface area (TPSA) is 32.7 Å². The number of aliphatic imine (C=N–C) groups is 1. The summed E-state index contributed by atoms with van der Waals surface area (Å²) in [7, 11) is 0. The quantitative estimate of drug-likeness (QED) is 0.634. The molecule has 1 aliphatic rings. The highest BCUT2D eigenvalue weighted by Crippen LogP contribution is 2.17. The van der Waals surface area contributed by atoms with Crippen LogP contribution in [0.5, 0.6) is 0 Å². The van der Waals surface area contributed by atoms with Crippen molar-refractivity contribution in [3.63, 3.8) is 0 Å². The molecule has 3 nitrogen and oxygen atoms in total. The molecule has 13 heavy (non-hydrogen) atoms. The third kappa shape index (κ3) is 1.33. The van der Waals surface area contributed by atoms with Gasteiger partial charge in [0.2, 0.25) is 0 Å². The summed E-state index contributed by atoms with van der Waals surface area (Å²) in [6.45, 7) is 2.12. The van der Waals surface area contributed by atoms with Crippen LogP contribution in [0.25, 0.3) is 0 Å². The second kappa shape index (κ2) is 3.01. The average Bonchev–Trinajstić information content (AvgIpc) is 2.48. The molecule has 0 aromatic heterocycles. The van der Waals surface area contributed by atoms with E-state index in [4.69, 9.17) is 0 Å². The van der Waals surface area contributed by atoms with Crippen LogP contribution in [0.2, 0.25) is 0 Å². The molecule has 3 heteroatoms. The van der Waals surface area contributed by atoms with Crippen molar-refractivity contribution in [1.82, 2.24) is 0 Å². The van der Waals surface area contributed by atoms with Gasteiger partial charge in [-0.15, -0.1) is 0 Å². The molecule has 66 valence electrons. The first-order valence-electron chi connectivity index (χ1n) is 4.18. The molecule has 0 bridgehead atoms. The summed E-state index contributed by atoms with van der Waals surface area (Å²) in [6, 6.07) is 9.56. The van der Waals surface area contributed by atoms with E-state index in [1.54, 1.807) is 4.90 Å². The Bertz CT molecular complexity index is 356. The number of amidine groups is 1. The first-order valence-corrected chi connectivity index (χ1v) is 4.18. The van der Waals surface area contributed by atoms with Gasteiger partial charge in [-0.05, 0) is 19.1 Å². The number of benzene rings is 1. The number of carbonyl (C=O) groups excluding carboxylic acids is 1. The first kappa shape index (κ1) is 7.98. The molecule has 0 fully saturated rings. The van der Waals surface area contributed by atoms with Crippen molar-refractivity contribution >= 4 is 17.4 Å². The lowest BCUT2D eigenvalue weighted by Crippen LogP contribution is -2.30. The van der Waals surface area contributed by atoms with Gasteiger partial charge in [0, 0.05) is 0 Å². The van der Waals surface area contributed by atoms with E-state index in [1.807, 2.05) is 37.3 Å². The molecule has 1 heterocycles. The average molecular weight is 174 g/mol. The van der Waals surface area contributed by atoms with Crippen LogP contribution in [0, 0.1) is 0 Å². The Morgan fingerprint density at radius 3 is 2.54 bits per heavy atom. The molecule has 1 amide bonds. The van der Waals surface area contributed by atoms with Crippen molar-refractivity contribution in [2.45, 2.75) is 6.92 Å². The summed E-state index contributed by atoms with van der Waals surface area (Å²) in [5, 5.41) is 0. The Kier molecular flexibility index (Phi) is 1.85. The zero-order valence-electron chi connectivity index (χ0n) is 7.40. The third-order valence-corrected chi connectivity index (χ3v) is 2.03. The van der Waals surface area contributed by atoms with Crippen molar-refractivity contribution in [3.05, 3.63) is 30.3 Å². The van der Waals surface area contributed by atoms with Gasteiger partial charge in [0.05, 0.1) is 5.69 Å². The van der Waals surface area contributed by atoms with E-state index in [0.717, 1.165) is 11.5 Å². The lowest BCUT2D eigenvalue weighted by atomic mass is 10.3. The lowest BCUT2D eigenvalue weighted by Gasteiger charge is -2.15. The lowest BCUT2D eigenvalue weighted by molar-refractivity contribution is -0.115. The second-order valence-corrected chi connectivity index (χ2v) is 2.93. The number of para-hydroxylation sites is 1. The van der Waals surface area contributed by atoms with Gasteiger partial charge in [-0.25, -0.2) is 0 Å². The van der Waals surface area contributed by atoms with Gasteiger partial charge in [-0.1, -0.05) is 18.2 Å². The number of nitrogens with zero attached hydrogens (tertiary/aromatic N) is 2. The molecular formula is C10H10N2O. The van der Waals surface area contributed by atoms with Crippen molar-refractivity contribution in [1.29, 1.82) is 0 Å². The van der Waals surface area contributed by atoms with Crippen LogP contribution in [0.1, 0.15) is 6.92 Å². The predicted molar refractivity (Wildman–Crippen MR) is 51.9 cm³/mol. The molecule has 0 radical (unpaired) electrons. The largest absolute Gasteiger partial charge is 0.272 e. The number of carbonyl (C=O) groups is 1. The standard InChI is InChI=1S/C10H10N2O/c1-8-11-7-10(13)12(8)9-5-3-2-4-6-9/h2-6H,7H2,1H3. The minimum absolute atomic E-state index is 0.0451. The molecule has 0 N–H and O–H groups in total. The predicted octanol–water partition coefficient (Wildman–Crippen LogP) is 1.45. The van der Waals surface area contributed by atoms with Crippen LogP contribution in [0.15, 0.2) is 35.3 Å². The number of hydrogen-bond donors (Lipinski definition) is 0. The first-order chi connectivity index (χ1) is 6.29. The summed E-state index contributed by atoms with van der Waals surface area (Å²) in [6.07, 6.45) is 0. The number of anilines is 1. The van der Waals surface area contributed by atoms with Gasteiger partial charge in [0.15, 0.2) is 0 Å². The molecule has 0 aliphatic carbocycles. The minimum Gasteiger partial charge on any atom is -0.272 e. The molecule has 0 spiro atoms. The summed E-state index contributed by atoms with van der Waals surface area (Å²) in [5.41, 5.74) is 0.895. The van der Waals surface area contributed by atoms with Gasteiger partial charge in [-0.2, -0.15) is 0 Å². The van der Waals surface area contributed by atoms with Gasteiger partial charge in [-0.3, -0.25) is 14.7 Å². The second-order valence-electron chi connectivity index (χ2n) is 2.93. The molecule has 0 saturated heterocycles. The van der Waals surface area contributed by atoms with Gasteiger partial charge >= 0.3 is 0 Å². The maximum atomic E-state index is 11.4. The molecule has 2 rings (SSSR count). The highest BCUT2D eigenvalue weighted by Gasteiger charge is 2.22. The smallest absolute Gasteiger partial charge is 0.254 e. The van der Waals surface area contributed by atoms with Crippen LogP contribution in [-0.4, -0.2) is 18.3 Å². The van der Waals surface area contributed by atoms with E-state index < -0.39 is 0 Å². The van der Waals surface area contributed by atoms with Crippen molar-refractivity contribution < 1.29 is 4.79 Å². The molecule has 1 aromatic carbocycles. The normalized spacial score (nSPS) is 16.2. The van der Waals surface area contributed by atoms with Gasteiger partial charge < -0.3 is 0 Å².